The van der Waals surface area contributed by atoms with Crippen molar-refractivity contribution in [1.29, 1.82) is 0 Å². The van der Waals surface area contributed by atoms with E-state index in [1.165, 1.54) is 0 Å². The van der Waals surface area contributed by atoms with E-state index in [1.54, 1.807) is 6.20 Å². The second-order valence-corrected chi connectivity index (χ2v) is 6.98. The lowest BCUT2D eigenvalue weighted by molar-refractivity contribution is -0.00588. The van der Waals surface area contributed by atoms with Crippen LogP contribution in [0.25, 0.3) is 5.65 Å². The van der Waals surface area contributed by atoms with Crippen LogP contribution in [-0.4, -0.2) is 76.1 Å². The van der Waals surface area contributed by atoms with Gasteiger partial charge in [0.05, 0.1) is 31.6 Å². The summed E-state index contributed by atoms with van der Waals surface area (Å²) in [5, 5.41) is 15.0. The van der Waals surface area contributed by atoms with Gasteiger partial charge in [-0.15, -0.1) is 0 Å². The molecule has 7 nitrogen and oxygen atoms in total. The van der Waals surface area contributed by atoms with Gasteiger partial charge in [-0.1, -0.05) is 13.8 Å². The molecule has 4 heterocycles. The van der Waals surface area contributed by atoms with Gasteiger partial charge in [0, 0.05) is 44.0 Å². The van der Waals surface area contributed by atoms with Crippen LogP contribution in [0, 0.1) is 0 Å². The number of rotatable bonds is 3. The van der Waals surface area contributed by atoms with Crippen molar-refractivity contribution in [1.82, 2.24) is 19.5 Å². The summed E-state index contributed by atoms with van der Waals surface area (Å²) in [6.45, 7) is 9.00. The third-order valence-corrected chi connectivity index (χ3v) is 5.05. The fourth-order valence-corrected chi connectivity index (χ4v) is 3.66. The van der Waals surface area contributed by atoms with Gasteiger partial charge in [-0.05, 0) is 5.92 Å². The van der Waals surface area contributed by atoms with Gasteiger partial charge in [0.25, 0.3) is 0 Å². The van der Waals surface area contributed by atoms with Crippen LogP contribution >= 0.6 is 0 Å². The van der Waals surface area contributed by atoms with E-state index < -0.39 is 0 Å². The molecule has 24 heavy (non-hydrogen) atoms. The Bertz CT molecular complexity index is 710. The first kappa shape index (κ1) is 15.8. The number of hydrogen-bond donors (Lipinski definition) is 1. The van der Waals surface area contributed by atoms with Gasteiger partial charge in [0.2, 0.25) is 0 Å². The van der Waals surface area contributed by atoms with E-state index in [0.29, 0.717) is 12.5 Å². The molecule has 7 heteroatoms. The number of β-amino-alcohol motifs (C(OH)–C–C–N with tert-alkyl or cyclic N) is 1. The predicted molar refractivity (Wildman–Crippen MR) is 91.5 cm³/mol. The van der Waals surface area contributed by atoms with E-state index in [2.05, 4.69) is 39.8 Å². The molecule has 2 saturated heterocycles. The lowest BCUT2D eigenvalue weighted by Crippen LogP contribution is -2.48. The number of hydrogen-bond acceptors (Lipinski definition) is 6. The maximum Gasteiger partial charge on any atom is 0.157 e. The van der Waals surface area contributed by atoms with Crippen molar-refractivity contribution in [3.63, 3.8) is 0 Å². The first-order chi connectivity index (χ1) is 11.6. The first-order valence-electron chi connectivity index (χ1n) is 8.73. The zero-order valence-electron chi connectivity index (χ0n) is 14.3. The van der Waals surface area contributed by atoms with Gasteiger partial charge in [-0.25, -0.2) is 4.98 Å². The molecule has 130 valence electrons. The second-order valence-electron chi connectivity index (χ2n) is 6.98. The van der Waals surface area contributed by atoms with Crippen molar-refractivity contribution in [2.75, 3.05) is 44.3 Å². The molecule has 0 unspecified atom stereocenters. The summed E-state index contributed by atoms with van der Waals surface area (Å²) in [7, 11) is 0. The molecule has 0 aromatic carbocycles. The van der Waals surface area contributed by atoms with Crippen molar-refractivity contribution in [3.05, 3.63) is 24.0 Å². The zero-order chi connectivity index (χ0) is 16.7. The Balaban J connectivity index is 1.64. The highest BCUT2D eigenvalue weighted by atomic mass is 16.5. The van der Waals surface area contributed by atoms with Crippen LogP contribution in [-0.2, 0) is 4.74 Å². The van der Waals surface area contributed by atoms with E-state index in [9.17, 15) is 5.11 Å². The maximum absolute atomic E-state index is 10.6. The Morgan fingerprint density at radius 3 is 2.79 bits per heavy atom. The summed E-state index contributed by atoms with van der Waals surface area (Å²) in [5.74, 6) is 1.37. The molecule has 0 radical (unpaired) electrons. The summed E-state index contributed by atoms with van der Waals surface area (Å²) in [6.07, 6.45) is 1.42. The normalized spacial score (nSPS) is 25.9. The molecule has 2 aliphatic rings. The highest BCUT2D eigenvalue weighted by molar-refractivity contribution is 5.52. The van der Waals surface area contributed by atoms with E-state index in [0.717, 1.165) is 50.0 Å². The van der Waals surface area contributed by atoms with Gasteiger partial charge >= 0.3 is 0 Å². The number of anilines is 1. The molecule has 2 aromatic rings. The Kier molecular flexibility index (Phi) is 4.15. The lowest BCUT2D eigenvalue weighted by Gasteiger charge is -2.33. The minimum Gasteiger partial charge on any atom is -0.390 e. The standard InChI is InChI=1S/C17H25N5O2/c1-12(2)13-9-17(22-16(19-13)3-4-18-22)21-10-14(15(23)11-21)20-5-7-24-8-6-20/h3-4,9,12,14-15,23H,5-8,10-11H2,1-2H3/t14-,15-/m0/s1. The molecule has 2 fully saturated rings. The van der Waals surface area contributed by atoms with E-state index in [4.69, 9.17) is 4.74 Å². The maximum atomic E-state index is 10.6. The molecule has 2 atom stereocenters. The van der Waals surface area contributed by atoms with Crippen molar-refractivity contribution < 1.29 is 9.84 Å². The van der Waals surface area contributed by atoms with Crippen LogP contribution < -0.4 is 4.90 Å². The molecule has 4 rings (SSSR count). The summed E-state index contributed by atoms with van der Waals surface area (Å²) < 4.78 is 7.31. The van der Waals surface area contributed by atoms with Crippen molar-refractivity contribution >= 4 is 11.5 Å². The minimum atomic E-state index is -0.357. The van der Waals surface area contributed by atoms with Crippen LogP contribution in [0.4, 0.5) is 5.82 Å². The quantitative estimate of drug-likeness (QED) is 0.895. The monoisotopic (exact) mass is 331 g/mol. The van der Waals surface area contributed by atoms with Crippen LogP contribution in [0.1, 0.15) is 25.5 Å². The van der Waals surface area contributed by atoms with Crippen LogP contribution in [0.3, 0.4) is 0 Å². The third kappa shape index (κ3) is 2.76. The summed E-state index contributed by atoms with van der Waals surface area (Å²) >= 11 is 0. The van der Waals surface area contributed by atoms with Crippen molar-refractivity contribution in [2.45, 2.75) is 31.9 Å². The lowest BCUT2D eigenvalue weighted by atomic mass is 10.1. The fourth-order valence-electron chi connectivity index (χ4n) is 3.66. The number of fused-ring (bicyclic) bond motifs is 1. The van der Waals surface area contributed by atoms with Gasteiger partial charge in [-0.3, -0.25) is 4.90 Å². The SMILES string of the molecule is CC(C)c1cc(N2C[C@H](O)[C@@H](N3CCOCC3)C2)n2nccc2n1. The second kappa shape index (κ2) is 6.31. The number of aliphatic hydroxyl groups excluding tert-OH is 1. The minimum absolute atomic E-state index is 0.148. The Labute approximate surface area is 141 Å². The number of aromatic nitrogens is 3. The summed E-state index contributed by atoms with van der Waals surface area (Å²) in [5.41, 5.74) is 1.92. The zero-order valence-corrected chi connectivity index (χ0v) is 14.3. The highest BCUT2D eigenvalue weighted by Gasteiger charge is 2.37. The first-order valence-corrected chi connectivity index (χ1v) is 8.73. The molecule has 0 saturated carbocycles. The Hall–Kier alpha value is -1.70. The van der Waals surface area contributed by atoms with Crippen LogP contribution in [0.5, 0.6) is 0 Å². The van der Waals surface area contributed by atoms with Gasteiger partial charge < -0.3 is 14.7 Å². The van der Waals surface area contributed by atoms with E-state index in [-0.39, 0.29) is 12.1 Å². The van der Waals surface area contributed by atoms with Crippen LogP contribution in [0.2, 0.25) is 0 Å². The van der Waals surface area contributed by atoms with Crippen molar-refractivity contribution in [3.8, 4) is 0 Å². The smallest absolute Gasteiger partial charge is 0.157 e. The Morgan fingerprint density at radius 1 is 1.25 bits per heavy atom. The molecule has 0 bridgehead atoms. The number of ether oxygens (including phenoxy) is 1. The fraction of sp³-hybridized carbons (Fsp3) is 0.647. The predicted octanol–water partition coefficient (Wildman–Crippen LogP) is 0.734. The number of aliphatic hydroxyl groups is 1. The molecule has 0 aliphatic carbocycles. The largest absolute Gasteiger partial charge is 0.390 e. The topological polar surface area (TPSA) is 66.1 Å². The molecule has 0 amide bonds. The highest BCUT2D eigenvalue weighted by Crippen LogP contribution is 2.27. The summed E-state index contributed by atoms with van der Waals surface area (Å²) in [4.78, 5) is 9.26. The van der Waals surface area contributed by atoms with Crippen LogP contribution in [0.15, 0.2) is 18.3 Å². The summed E-state index contributed by atoms with van der Waals surface area (Å²) in [6, 6.07) is 4.19. The van der Waals surface area contributed by atoms with Gasteiger partial charge in [-0.2, -0.15) is 9.61 Å². The molecule has 2 aromatic heterocycles. The third-order valence-electron chi connectivity index (χ3n) is 5.05. The Morgan fingerprint density at radius 2 is 2.04 bits per heavy atom. The molecule has 1 N–H and O–H groups in total. The number of morpholine rings is 1. The molecular weight excluding hydrogens is 306 g/mol. The average molecular weight is 331 g/mol. The van der Waals surface area contributed by atoms with Gasteiger partial charge in [0.1, 0.15) is 5.82 Å². The molecule has 2 aliphatic heterocycles. The van der Waals surface area contributed by atoms with Gasteiger partial charge in [0.15, 0.2) is 5.65 Å². The number of nitrogens with zero attached hydrogens (tertiary/aromatic N) is 5. The van der Waals surface area contributed by atoms with Crippen molar-refractivity contribution in [2.24, 2.45) is 0 Å². The average Bonchev–Trinajstić information content (AvgIpc) is 3.21. The molecular formula is C17H25N5O2. The van der Waals surface area contributed by atoms with E-state index >= 15 is 0 Å². The van der Waals surface area contributed by atoms with E-state index in [1.807, 2.05) is 10.6 Å². The molecule has 0 spiro atoms.